The maximum Gasteiger partial charge on any atom is 0.340 e. The minimum Gasteiger partial charge on any atom is -0.469 e. The van der Waals surface area contributed by atoms with Crippen LogP contribution < -0.4 is 5.32 Å². The van der Waals surface area contributed by atoms with Crippen molar-refractivity contribution in [3.63, 3.8) is 0 Å². The maximum atomic E-state index is 11.9. The van der Waals surface area contributed by atoms with E-state index in [4.69, 9.17) is 15.0 Å². The van der Waals surface area contributed by atoms with Crippen molar-refractivity contribution in [2.75, 3.05) is 12.4 Å². The topological polar surface area (TPSA) is 83.8 Å². The van der Waals surface area contributed by atoms with Crippen LogP contribution in [-0.2, 0) is 14.3 Å². The van der Waals surface area contributed by atoms with Crippen molar-refractivity contribution < 1.29 is 14.3 Å². The maximum absolute atomic E-state index is 11.9. The van der Waals surface area contributed by atoms with E-state index in [1.54, 1.807) is 6.92 Å². The zero-order valence-corrected chi connectivity index (χ0v) is 11.2. The van der Waals surface area contributed by atoms with Crippen molar-refractivity contribution in [3.8, 4) is 0 Å². The number of carbonyl (C=O) groups is 1. The number of hydrogen-bond donors (Lipinski definition) is 2. The lowest BCUT2D eigenvalue weighted by atomic mass is 10.0. The van der Waals surface area contributed by atoms with Gasteiger partial charge in [-0.2, -0.15) is 0 Å². The van der Waals surface area contributed by atoms with Crippen LogP contribution in [-0.4, -0.2) is 19.3 Å². The molecule has 0 amide bonds. The molecule has 0 aliphatic carbocycles. The number of methoxy groups -OCH3 is 1. The SMILES string of the molecule is COC(=O)C1=C(Nc2ccccc2)C(N=N)OC=C1C. The number of carbonyl (C=O) groups excluding carboxylic acids is 1. The van der Waals surface area contributed by atoms with Gasteiger partial charge in [0.2, 0.25) is 6.23 Å². The van der Waals surface area contributed by atoms with Gasteiger partial charge >= 0.3 is 5.97 Å². The Labute approximate surface area is 116 Å². The fraction of sp³-hybridized carbons (Fsp3) is 0.214. The Kier molecular flexibility index (Phi) is 4.14. The lowest BCUT2D eigenvalue weighted by Gasteiger charge is -2.24. The number of esters is 1. The smallest absolute Gasteiger partial charge is 0.340 e. The van der Waals surface area contributed by atoms with Crippen LogP contribution in [0.3, 0.4) is 0 Å². The van der Waals surface area contributed by atoms with Gasteiger partial charge in [-0.3, -0.25) is 0 Å². The monoisotopic (exact) mass is 273 g/mol. The lowest BCUT2D eigenvalue weighted by Crippen LogP contribution is -2.26. The molecule has 0 aromatic heterocycles. The third-order valence-electron chi connectivity index (χ3n) is 2.84. The summed E-state index contributed by atoms with van der Waals surface area (Å²) in [4.78, 5) is 11.9. The summed E-state index contributed by atoms with van der Waals surface area (Å²) in [6.07, 6.45) is 0.526. The summed E-state index contributed by atoms with van der Waals surface area (Å²) in [6, 6.07) is 9.29. The Bertz CT molecular complexity index is 579. The molecule has 1 unspecified atom stereocenters. The zero-order valence-electron chi connectivity index (χ0n) is 11.2. The van der Waals surface area contributed by atoms with Gasteiger partial charge in [-0.25, -0.2) is 10.3 Å². The highest BCUT2D eigenvalue weighted by Crippen LogP contribution is 2.27. The molecule has 0 bridgehead atoms. The molecule has 0 fully saturated rings. The van der Waals surface area contributed by atoms with Crippen LogP contribution in [0.5, 0.6) is 0 Å². The average Bonchev–Trinajstić information content (AvgIpc) is 2.48. The fourth-order valence-corrected chi connectivity index (χ4v) is 1.90. The summed E-state index contributed by atoms with van der Waals surface area (Å²) in [5, 5.41) is 6.46. The highest BCUT2D eigenvalue weighted by Gasteiger charge is 2.29. The van der Waals surface area contributed by atoms with E-state index >= 15 is 0 Å². The Hall–Kier alpha value is -2.63. The largest absolute Gasteiger partial charge is 0.469 e. The molecule has 1 aliphatic rings. The van der Waals surface area contributed by atoms with Crippen LogP contribution in [0.4, 0.5) is 5.69 Å². The van der Waals surface area contributed by atoms with E-state index in [0.29, 0.717) is 16.8 Å². The van der Waals surface area contributed by atoms with E-state index in [9.17, 15) is 4.79 Å². The number of anilines is 1. The second-order valence-electron chi connectivity index (χ2n) is 4.19. The van der Waals surface area contributed by atoms with Gasteiger partial charge in [0, 0.05) is 11.3 Å². The first-order valence-electron chi connectivity index (χ1n) is 6.01. The summed E-state index contributed by atoms with van der Waals surface area (Å²) in [5.74, 6) is -0.492. The second kappa shape index (κ2) is 6.01. The van der Waals surface area contributed by atoms with Gasteiger partial charge in [-0.05, 0) is 19.1 Å². The second-order valence-corrected chi connectivity index (χ2v) is 4.19. The van der Waals surface area contributed by atoms with Gasteiger partial charge in [0.25, 0.3) is 0 Å². The summed E-state index contributed by atoms with van der Waals surface area (Å²) in [5.41, 5.74) is 9.32. The Morgan fingerprint density at radius 2 is 2.10 bits per heavy atom. The van der Waals surface area contributed by atoms with Crippen molar-refractivity contribution in [2.45, 2.75) is 13.2 Å². The molecule has 104 valence electrons. The molecular formula is C14H15N3O3. The quantitative estimate of drug-likeness (QED) is 0.652. The van der Waals surface area contributed by atoms with Gasteiger partial charge in [0.15, 0.2) is 0 Å². The number of ether oxygens (including phenoxy) is 2. The van der Waals surface area contributed by atoms with Crippen molar-refractivity contribution >= 4 is 11.7 Å². The van der Waals surface area contributed by atoms with Crippen molar-refractivity contribution in [1.29, 1.82) is 5.53 Å². The van der Waals surface area contributed by atoms with Crippen molar-refractivity contribution in [2.24, 2.45) is 5.11 Å². The zero-order chi connectivity index (χ0) is 14.5. The molecule has 6 heteroatoms. The van der Waals surface area contributed by atoms with E-state index in [-0.39, 0.29) is 0 Å². The number of rotatable bonds is 4. The number of para-hydroxylation sites is 1. The first-order chi connectivity index (χ1) is 9.67. The van der Waals surface area contributed by atoms with E-state index in [1.807, 2.05) is 30.3 Å². The van der Waals surface area contributed by atoms with Gasteiger partial charge in [0.05, 0.1) is 24.6 Å². The molecule has 0 spiro atoms. The summed E-state index contributed by atoms with van der Waals surface area (Å²) < 4.78 is 10.1. The molecule has 0 saturated heterocycles. The molecule has 0 radical (unpaired) electrons. The van der Waals surface area contributed by atoms with E-state index in [2.05, 4.69) is 10.4 Å². The van der Waals surface area contributed by atoms with Gasteiger partial charge in [0.1, 0.15) is 0 Å². The van der Waals surface area contributed by atoms with Crippen LogP contribution in [0, 0.1) is 5.53 Å². The first-order valence-corrected chi connectivity index (χ1v) is 6.01. The van der Waals surface area contributed by atoms with Gasteiger partial charge in [-0.1, -0.05) is 18.2 Å². The number of nitrogens with one attached hydrogen (secondary N) is 2. The minimum atomic E-state index is -0.881. The number of hydrogen-bond acceptors (Lipinski definition) is 6. The molecule has 1 atom stereocenters. The highest BCUT2D eigenvalue weighted by atomic mass is 16.5. The highest BCUT2D eigenvalue weighted by molar-refractivity contribution is 5.95. The molecule has 1 aromatic rings. The van der Waals surface area contributed by atoms with Crippen molar-refractivity contribution in [3.05, 3.63) is 53.4 Å². The molecule has 1 aliphatic heterocycles. The van der Waals surface area contributed by atoms with Crippen LogP contribution in [0.25, 0.3) is 0 Å². The third kappa shape index (κ3) is 2.69. The van der Waals surface area contributed by atoms with Crippen molar-refractivity contribution in [1.82, 2.24) is 0 Å². The molecule has 2 rings (SSSR count). The van der Waals surface area contributed by atoms with Gasteiger partial charge in [-0.15, -0.1) is 5.11 Å². The van der Waals surface area contributed by atoms with Crippen LogP contribution in [0.1, 0.15) is 6.92 Å². The molecule has 0 saturated carbocycles. The molecule has 20 heavy (non-hydrogen) atoms. The normalized spacial score (nSPS) is 17.9. The summed E-state index contributed by atoms with van der Waals surface area (Å²) in [7, 11) is 1.31. The van der Waals surface area contributed by atoms with Crippen LogP contribution in [0.2, 0.25) is 0 Å². The average molecular weight is 273 g/mol. The minimum absolute atomic E-state index is 0.337. The molecular weight excluding hydrogens is 258 g/mol. The summed E-state index contributed by atoms with van der Waals surface area (Å²) in [6.45, 7) is 1.74. The predicted octanol–water partition coefficient (Wildman–Crippen LogP) is 2.82. The molecule has 1 heterocycles. The van der Waals surface area contributed by atoms with Gasteiger partial charge < -0.3 is 14.8 Å². The lowest BCUT2D eigenvalue weighted by molar-refractivity contribution is -0.136. The molecule has 6 nitrogen and oxygen atoms in total. The first kappa shape index (κ1) is 13.8. The molecule has 1 aromatic carbocycles. The number of benzene rings is 1. The fourth-order valence-electron chi connectivity index (χ4n) is 1.90. The molecule has 2 N–H and O–H groups in total. The number of nitrogens with zero attached hydrogens (tertiary/aromatic N) is 1. The van der Waals surface area contributed by atoms with E-state index in [0.717, 1.165) is 5.69 Å². The standard InChI is InChI=1S/C14H15N3O3/c1-9-8-20-13(17-15)12(11(9)14(18)19-2)16-10-6-4-3-5-7-10/h3-8,13,15-16H,1-2H3. The Balaban J connectivity index is 2.45. The van der Waals surface area contributed by atoms with E-state index < -0.39 is 12.2 Å². The predicted molar refractivity (Wildman–Crippen MR) is 72.9 cm³/mol. The Morgan fingerprint density at radius 3 is 2.70 bits per heavy atom. The van der Waals surface area contributed by atoms with Crippen LogP contribution >= 0.6 is 0 Å². The van der Waals surface area contributed by atoms with E-state index in [1.165, 1.54) is 13.4 Å². The van der Waals surface area contributed by atoms with Crippen LogP contribution in [0.15, 0.2) is 58.6 Å². The third-order valence-corrected chi connectivity index (χ3v) is 2.84. The Morgan fingerprint density at radius 1 is 1.40 bits per heavy atom. The summed E-state index contributed by atoms with van der Waals surface area (Å²) >= 11 is 0.